The molecule has 35 heavy (non-hydrogen) atoms. The Balaban J connectivity index is 1.87. The van der Waals surface area contributed by atoms with Crippen molar-refractivity contribution >= 4 is 23.9 Å². The Hall–Kier alpha value is -3.92. The van der Waals surface area contributed by atoms with Gasteiger partial charge in [-0.1, -0.05) is 50.2 Å². The van der Waals surface area contributed by atoms with Crippen molar-refractivity contribution in [2.75, 3.05) is 0 Å². The second kappa shape index (κ2) is 8.09. The lowest BCUT2D eigenvalue weighted by Crippen LogP contribution is -2.63. The Bertz CT molecular complexity index is 1260. The number of nitrogens with one attached hydrogen (secondary N) is 2. The van der Waals surface area contributed by atoms with E-state index in [1.165, 1.54) is 6.07 Å². The van der Waals surface area contributed by atoms with Gasteiger partial charge in [-0.2, -0.15) is 0 Å². The molecular weight excluding hydrogens is 454 g/mol. The minimum atomic E-state index is -2.24. The highest BCUT2D eigenvalue weighted by Gasteiger charge is 2.71. The van der Waals surface area contributed by atoms with E-state index in [1.54, 1.807) is 57.2 Å². The summed E-state index contributed by atoms with van der Waals surface area (Å²) in [5, 5.41) is 26.2. The SMILES string of the molecule is CC(C)c1ccc2c(c1)OC1(O)c3ccccc3C(=O)C21N/C(=N\C(=O)O)NC(=O)OC(C)(C)C. The van der Waals surface area contributed by atoms with Gasteiger partial charge in [0.05, 0.1) is 0 Å². The predicted molar refractivity (Wildman–Crippen MR) is 125 cm³/mol. The maximum absolute atomic E-state index is 13.9. The van der Waals surface area contributed by atoms with E-state index in [9.17, 15) is 24.6 Å². The number of fused-ring (bicyclic) bond motifs is 5. The fourth-order valence-corrected chi connectivity index (χ4v) is 4.39. The molecule has 1 heterocycles. The third kappa shape index (κ3) is 3.89. The summed E-state index contributed by atoms with van der Waals surface area (Å²) in [7, 11) is 0. The maximum Gasteiger partial charge on any atom is 0.434 e. The van der Waals surface area contributed by atoms with Crippen LogP contribution < -0.4 is 15.4 Å². The third-order valence-corrected chi connectivity index (χ3v) is 5.85. The van der Waals surface area contributed by atoms with Crippen LogP contribution >= 0.6 is 0 Å². The van der Waals surface area contributed by atoms with Gasteiger partial charge in [-0.05, 0) is 38.3 Å². The molecule has 2 amide bonds. The van der Waals surface area contributed by atoms with Gasteiger partial charge in [-0.15, -0.1) is 4.99 Å². The summed E-state index contributed by atoms with van der Waals surface area (Å²) in [4.78, 5) is 41.2. The van der Waals surface area contributed by atoms with E-state index in [4.69, 9.17) is 9.47 Å². The average molecular weight is 482 g/mol. The van der Waals surface area contributed by atoms with Crippen molar-refractivity contribution < 1.29 is 34.1 Å². The molecule has 2 aromatic carbocycles. The number of hydrogen-bond donors (Lipinski definition) is 4. The molecule has 10 heteroatoms. The lowest BCUT2D eigenvalue weighted by molar-refractivity contribution is -0.167. The van der Waals surface area contributed by atoms with E-state index < -0.39 is 40.9 Å². The molecule has 4 rings (SSSR count). The molecule has 10 nitrogen and oxygen atoms in total. The molecule has 0 spiro atoms. The number of rotatable bonds is 2. The quantitative estimate of drug-likeness (QED) is 0.376. The number of carbonyl (C=O) groups is 3. The van der Waals surface area contributed by atoms with Gasteiger partial charge in [-0.25, -0.2) is 9.59 Å². The molecule has 4 N–H and O–H groups in total. The number of hydrogen-bond acceptors (Lipinski definition) is 6. The summed E-state index contributed by atoms with van der Waals surface area (Å²) in [6.07, 6.45) is -2.64. The lowest BCUT2D eigenvalue weighted by Gasteiger charge is -2.35. The first-order chi connectivity index (χ1) is 16.3. The molecular formula is C25H27N3O7. The van der Waals surface area contributed by atoms with Gasteiger partial charge in [0, 0.05) is 16.7 Å². The second-order valence-electron chi connectivity index (χ2n) is 9.78. The van der Waals surface area contributed by atoms with Crippen LogP contribution in [0.3, 0.4) is 0 Å². The number of aliphatic imine (C=N–C) groups is 1. The minimum Gasteiger partial charge on any atom is -0.463 e. The van der Waals surface area contributed by atoms with Crippen molar-refractivity contribution in [3.8, 4) is 5.75 Å². The van der Waals surface area contributed by atoms with Crippen LogP contribution in [0.5, 0.6) is 5.75 Å². The molecule has 0 aromatic heterocycles. The van der Waals surface area contributed by atoms with Crippen molar-refractivity contribution in [3.05, 3.63) is 64.7 Å². The van der Waals surface area contributed by atoms with E-state index in [-0.39, 0.29) is 28.4 Å². The standard InChI is InChI=1S/C25H27N3O7/c1-13(2)14-10-11-17-18(12-14)34-25(33)16-9-7-6-8-15(16)19(29)24(17,25)28-20(26-21(30)31)27-22(32)35-23(3,4)5/h6-13,33H,1-5H3,(H,30,31)(H2,26,27,28,32). The number of benzene rings is 2. The zero-order valence-electron chi connectivity index (χ0n) is 20.0. The van der Waals surface area contributed by atoms with Gasteiger partial charge in [0.1, 0.15) is 11.4 Å². The van der Waals surface area contributed by atoms with Gasteiger partial charge in [-0.3, -0.25) is 10.1 Å². The van der Waals surface area contributed by atoms with Crippen LogP contribution in [-0.2, 0) is 16.1 Å². The number of ketones is 1. The van der Waals surface area contributed by atoms with Crippen LogP contribution in [0.25, 0.3) is 0 Å². The Morgan fingerprint density at radius 3 is 2.43 bits per heavy atom. The molecule has 2 atom stereocenters. The van der Waals surface area contributed by atoms with Crippen molar-refractivity contribution in [2.24, 2.45) is 4.99 Å². The number of carboxylic acid groups (broad SMARTS) is 1. The maximum atomic E-state index is 13.9. The Labute approximate surface area is 202 Å². The molecule has 0 saturated heterocycles. The number of aliphatic hydroxyl groups is 1. The van der Waals surface area contributed by atoms with Crippen LogP contribution in [-0.4, -0.2) is 39.7 Å². The number of carbonyl (C=O) groups excluding carboxylic acids is 2. The molecule has 2 unspecified atom stereocenters. The van der Waals surface area contributed by atoms with Crippen LogP contribution in [0.4, 0.5) is 9.59 Å². The summed E-state index contributed by atoms with van der Waals surface area (Å²) in [5.41, 5.74) is -1.33. The minimum absolute atomic E-state index is 0.142. The summed E-state index contributed by atoms with van der Waals surface area (Å²) in [6, 6.07) is 11.6. The highest BCUT2D eigenvalue weighted by Crippen LogP contribution is 2.58. The van der Waals surface area contributed by atoms with Crippen molar-refractivity contribution in [3.63, 3.8) is 0 Å². The van der Waals surface area contributed by atoms with Crippen LogP contribution in [0, 0.1) is 0 Å². The topological polar surface area (TPSA) is 147 Å². The normalized spacial score (nSPS) is 22.7. The molecule has 0 radical (unpaired) electrons. The number of alkyl carbamates (subject to hydrolysis) is 1. The first-order valence-corrected chi connectivity index (χ1v) is 11.1. The van der Waals surface area contributed by atoms with E-state index in [1.807, 2.05) is 13.8 Å². The molecule has 0 bridgehead atoms. The van der Waals surface area contributed by atoms with Gasteiger partial charge in [0.15, 0.2) is 0 Å². The van der Waals surface area contributed by atoms with Gasteiger partial charge >= 0.3 is 12.2 Å². The summed E-state index contributed by atoms with van der Waals surface area (Å²) in [5.74, 6) is -3.02. The lowest BCUT2D eigenvalue weighted by atomic mass is 9.82. The van der Waals surface area contributed by atoms with Crippen LogP contribution in [0.2, 0.25) is 0 Å². The molecule has 1 aliphatic heterocycles. The van der Waals surface area contributed by atoms with E-state index in [0.717, 1.165) is 5.56 Å². The molecule has 2 aromatic rings. The number of ether oxygens (including phenoxy) is 2. The highest BCUT2D eigenvalue weighted by atomic mass is 16.6. The van der Waals surface area contributed by atoms with Crippen LogP contribution in [0.15, 0.2) is 47.5 Å². The fourth-order valence-electron chi connectivity index (χ4n) is 4.39. The van der Waals surface area contributed by atoms with Crippen LogP contribution in [0.1, 0.15) is 67.6 Å². The van der Waals surface area contributed by atoms with Gasteiger partial charge in [0.25, 0.3) is 5.79 Å². The summed E-state index contributed by atoms with van der Waals surface area (Å²) >= 11 is 0. The molecule has 0 fully saturated rings. The summed E-state index contributed by atoms with van der Waals surface area (Å²) in [6.45, 7) is 8.88. The first kappa shape index (κ1) is 24.2. The molecule has 184 valence electrons. The zero-order chi connectivity index (χ0) is 25.8. The Morgan fingerprint density at radius 2 is 1.80 bits per heavy atom. The smallest absolute Gasteiger partial charge is 0.434 e. The van der Waals surface area contributed by atoms with Gasteiger partial charge in [0.2, 0.25) is 17.3 Å². The number of nitrogens with zero attached hydrogens (tertiary/aromatic N) is 1. The van der Waals surface area contributed by atoms with Gasteiger partial charge < -0.3 is 25.0 Å². The largest absolute Gasteiger partial charge is 0.463 e. The molecule has 1 aliphatic carbocycles. The average Bonchev–Trinajstić information content (AvgIpc) is 3.09. The first-order valence-electron chi connectivity index (χ1n) is 11.1. The van der Waals surface area contributed by atoms with Crippen molar-refractivity contribution in [2.45, 2.75) is 57.5 Å². The number of Topliss-reactive ketones (excluding diaryl/α,β-unsaturated/α-hetero) is 1. The monoisotopic (exact) mass is 481 g/mol. The van der Waals surface area contributed by atoms with E-state index >= 15 is 0 Å². The predicted octanol–water partition coefficient (Wildman–Crippen LogP) is 3.59. The Kier molecular flexibility index (Phi) is 5.60. The third-order valence-electron chi connectivity index (χ3n) is 5.85. The van der Waals surface area contributed by atoms with E-state index in [2.05, 4.69) is 15.6 Å². The van der Waals surface area contributed by atoms with Crippen molar-refractivity contribution in [1.29, 1.82) is 0 Å². The van der Waals surface area contributed by atoms with Crippen molar-refractivity contribution in [1.82, 2.24) is 10.6 Å². The fraction of sp³-hybridized carbons (Fsp3) is 0.360. The number of guanidine groups is 1. The Morgan fingerprint density at radius 1 is 1.11 bits per heavy atom. The van der Waals surface area contributed by atoms with E-state index in [0.29, 0.717) is 0 Å². The molecule has 2 aliphatic rings. The summed E-state index contributed by atoms with van der Waals surface area (Å²) < 4.78 is 11.2. The molecule has 0 saturated carbocycles. The highest BCUT2D eigenvalue weighted by molar-refractivity contribution is 6.13. The number of amides is 2. The second-order valence-corrected chi connectivity index (χ2v) is 9.78. The zero-order valence-corrected chi connectivity index (χ0v) is 20.0.